The van der Waals surface area contributed by atoms with E-state index in [9.17, 15) is 4.79 Å². The van der Waals surface area contributed by atoms with Crippen LogP contribution < -0.4 is 0 Å². The van der Waals surface area contributed by atoms with Gasteiger partial charge in [0, 0.05) is 21.7 Å². The minimum absolute atomic E-state index is 0.291. The number of esters is 1. The zero-order valence-corrected chi connectivity index (χ0v) is 7.97. The Bertz CT molecular complexity index is 224. The van der Waals surface area contributed by atoms with Gasteiger partial charge >= 0.3 is 5.97 Å². The van der Waals surface area contributed by atoms with E-state index < -0.39 is 0 Å². The van der Waals surface area contributed by atoms with E-state index in [1.807, 2.05) is 6.07 Å². The van der Waals surface area contributed by atoms with Gasteiger partial charge in [-0.2, -0.15) is 0 Å². The van der Waals surface area contributed by atoms with Crippen LogP contribution in [0, 0.1) is 0 Å². The summed E-state index contributed by atoms with van der Waals surface area (Å²) in [6, 6.07) is 8.88. The third-order valence-electron chi connectivity index (χ3n) is 1.19. The molecule has 1 rings (SSSR count). The molecule has 66 valence electrons. The van der Waals surface area contributed by atoms with Crippen molar-refractivity contribution in [3.05, 3.63) is 35.9 Å². The van der Waals surface area contributed by atoms with Crippen LogP contribution in [0.5, 0.6) is 0 Å². The Hall–Kier alpha value is -0.730. The maximum Gasteiger partial charge on any atom is 0.337 e. The second-order valence-electron chi connectivity index (χ2n) is 1.86. The van der Waals surface area contributed by atoms with E-state index in [2.05, 4.69) is 26.4 Å². The molecule has 0 saturated carbocycles. The number of hydrogen-bond acceptors (Lipinski definition) is 2. The largest absolute Gasteiger partial charge is 0.465 e. The molecule has 4 heteroatoms. The second-order valence-corrected chi connectivity index (χ2v) is 1.86. The van der Waals surface area contributed by atoms with Gasteiger partial charge in [-0.15, -0.1) is 0 Å². The number of ether oxygens (including phenoxy) is 1. The third kappa shape index (κ3) is 3.60. The van der Waals surface area contributed by atoms with E-state index in [0.29, 0.717) is 5.56 Å². The molecular weight excluding hydrogens is 199 g/mol. The standard InChI is InChI=1S/C8H8O2.Cl2/c1-10-8(9)7-5-3-2-4-6-7;1-2/h2-6H,1H3;. The fourth-order valence-corrected chi connectivity index (χ4v) is 0.692. The Kier molecular flexibility index (Phi) is 6.53. The molecule has 2 nitrogen and oxygen atoms in total. The van der Waals surface area contributed by atoms with Gasteiger partial charge in [0.2, 0.25) is 0 Å². The monoisotopic (exact) mass is 206 g/mol. The zero-order chi connectivity index (χ0) is 9.40. The van der Waals surface area contributed by atoms with Crippen molar-refractivity contribution in [2.75, 3.05) is 7.11 Å². The summed E-state index contributed by atoms with van der Waals surface area (Å²) in [6.07, 6.45) is 0. The van der Waals surface area contributed by atoms with Crippen LogP contribution >= 0.6 is 21.7 Å². The average molecular weight is 207 g/mol. The lowest BCUT2D eigenvalue weighted by molar-refractivity contribution is 0.0601. The van der Waals surface area contributed by atoms with Crippen molar-refractivity contribution in [1.29, 1.82) is 0 Å². The second kappa shape index (κ2) is 6.95. The van der Waals surface area contributed by atoms with Gasteiger partial charge < -0.3 is 4.74 Å². The quantitative estimate of drug-likeness (QED) is 0.661. The maximum absolute atomic E-state index is 10.8. The molecule has 0 heterocycles. The minimum Gasteiger partial charge on any atom is -0.465 e. The number of benzene rings is 1. The van der Waals surface area contributed by atoms with E-state index in [-0.39, 0.29) is 5.97 Å². The summed E-state index contributed by atoms with van der Waals surface area (Å²) >= 11 is 0. The van der Waals surface area contributed by atoms with Crippen LogP contribution in [0.4, 0.5) is 0 Å². The number of carbonyl (C=O) groups excluding carboxylic acids is 1. The van der Waals surface area contributed by atoms with Crippen molar-refractivity contribution in [1.82, 2.24) is 0 Å². The lowest BCUT2D eigenvalue weighted by atomic mass is 10.2. The van der Waals surface area contributed by atoms with Gasteiger partial charge in [0.25, 0.3) is 0 Å². The number of halogens is 2. The van der Waals surface area contributed by atoms with E-state index in [1.54, 1.807) is 24.3 Å². The SMILES string of the molecule is COC(=O)c1ccccc1.ClCl. The van der Waals surface area contributed by atoms with E-state index in [4.69, 9.17) is 0 Å². The first-order chi connectivity index (χ1) is 5.84. The number of rotatable bonds is 1. The normalized spacial score (nSPS) is 7.92. The van der Waals surface area contributed by atoms with Gasteiger partial charge in [-0.25, -0.2) is 4.79 Å². The Morgan fingerprint density at radius 3 is 2.17 bits per heavy atom. The summed E-state index contributed by atoms with van der Waals surface area (Å²) in [6.45, 7) is 0. The highest BCUT2D eigenvalue weighted by molar-refractivity contribution is 6.85. The van der Waals surface area contributed by atoms with Gasteiger partial charge in [-0.1, -0.05) is 18.2 Å². The van der Waals surface area contributed by atoms with E-state index >= 15 is 0 Å². The molecule has 0 aliphatic heterocycles. The molecular formula is C8H8Cl2O2. The number of methoxy groups -OCH3 is 1. The summed E-state index contributed by atoms with van der Waals surface area (Å²) in [5.41, 5.74) is 0.588. The van der Waals surface area contributed by atoms with Crippen molar-refractivity contribution in [2.45, 2.75) is 0 Å². The van der Waals surface area contributed by atoms with E-state index in [1.165, 1.54) is 7.11 Å². The highest BCUT2D eigenvalue weighted by Crippen LogP contribution is 1.98. The Morgan fingerprint density at radius 1 is 1.25 bits per heavy atom. The van der Waals surface area contributed by atoms with Crippen LogP contribution in [-0.4, -0.2) is 13.1 Å². The van der Waals surface area contributed by atoms with Crippen LogP contribution in [0.3, 0.4) is 0 Å². The molecule has 1 aromatic carbocycles. The van der Waals surface area contributed by atoms with Gasteiger partial charge in [-0.3, -0.25) is 0 Å². The molecule has 0 N–H and O–H groups in total. The molecule has 0 radical (unpaired) electrons. The summed E-state index contributed by atoms with van der Waals surface area (Å²) in [5.74, 6) is -0.291. The highest BCUT2D eigenvalue weighted by atomic mass is 36.5. The molecule has 0 aromatic heterocycles. The van der Waals surface area contributed by atoms with Crippen LogP contribution in [0.1, 0.15) is 10.4 Å². The van der Waals surface area contributed by atoms with Crippen LogP contribution in [0.15, 0.2) is 30.3 Å². The first kappa shape index (κ1) is 11.3. The van der Waals surface area contributed by atoms with Crippen LogP contribution in [-0.2, 0) is 4.74 Å². The van der Waals surface area contributed by atoms with Crippen molar-refractivity contribution < 1.29 is 9.53 Å². The van der Waals surface area contributed by atoms with Gasteiger partial charge in [0.05, 0.1) is 12.7 Å². The first-order valence-electron chi connectivity index (χ1n) is 3.12. The fourth-order valence-electron chi connectivity index (χ4n) is 0.692. The molecule has 12 heavy (non-hydrogen) atoms. The molecule has 0 aliphatic rings. The first-order valence-corrected chi connectivity index (χ1v) is 4.26. The van der Waals surface area contributed by atoms with Crippen molar-refractivity contribution >= 4 is 27.7 Å². The average Bonchev–Trinajstić information content (AvgIpc) is 2.21. The summed E-state index contributed by atoms with van der Waals surface area (Å²) in [7, 11) is 9.59. The van der Waals surface area contributed by atoms with Crippen LogP contribution in [0.2, 0.25) is 0 Å². The predicted molar refractivity (Wildman–Crippen MR) is 49.5 cm³/mol. The molecule has 0 aliphatic carbocycles. The Balaban J connectivity index is 0.000000561. The third-order valence-corrected chi connectivity index (χ3v) is 1.19. The summed E-state index contributed by atoms with van der Waals surface area (Å²) < 4.78 is 4.50. The fraction of sp³-hybridized carbons (Fsp3) is 0.125. The van der Waals surface area contributed by atoms with E-state index in [0.717, 1.165) is 0 Å². The van der Waals surface area contributed by atoms with Crippen molar-refractivity contribution in [3.8, 4) is 0 Å². The summed E-state index contributed by atoms with van der Waals surface area (Å²) in [5, 5.41) is 0. The smallest absolute Gasteiger partial charge is 0.337 e. The van der Waals surface area contributed by atoms with Gasteiger partial charge in [-0.05, 0) is 12.1 Å². The Labute approximate surface area is 80.6 Å². The summed E-state index contributed by atoms with van der Waals surface area (Å²) in [4.78, 5) is 10.8. The minimum atomic E-state index is -0.291. The number of carbonyl (C=O) groups is 1. The van der Waals surface area contributed by atoms with Gasteiger partial charge in [0.1, 0.15) is 0 Å². The molecule has 0 bridgehead atoms. The molecule has 0 amide bonds. The van der Waals surface area contributed by atoms with Crippen LogP contribution in [0.25, 0.3) is 0 Å². The van der Waals surface area contributed by atoms with Crippen molar-refractivity contribution in [3.63, 3.8) is 0 Å². The lowest BCUT2D eigenvalue weighted by Gasteiger charge is -1.95. The highest BCUT2D eigenvalue weighted by Gasteiger charge is 2.00. The Morgan fingerprint density at radius 2 is 1.75 bits per heavy atom. The molecule has 0 fully saturated rings. The topological polar surface area (TPSA) is 26.3 Å². The zero-order valence-electron chi connectivity index (χ0n) is 6.46. The molecule has 0 unspecified atom stereocenters. The predicted octanol–water partition coefficient (Wildman–Crippen LogP) is 2.85. The number of hydrogen-bond donors (Lipinski definition) is 0. The van der Waals surface area contributed by atoms with Gasteiger partial charge in [0.15, 0.2) is 0 Å². The van der Waals surface area contributed by atoms with Crippen molar-refractivity contribution in [2.24, 2.45) is 0 Å². The molecule has 0 spiro atoms. The molecule has 0 saturated heterocycles. The lowest BCUT2D eigenvalue weighted by Crippen LogP contribution is -1.99. The molecule has 0 atom stereocenters. The maximum atomic E-state index is 10.8. The molecule has 1 aromatic rings.